The molecule has 0 aromatic carbocycles. The van der Waals surface area contributed by atoms with Crippen LogP contribution < -0.4 is 0 Å². The molecular weight excluding hydrogens is 162 g/mol. The van der Waals surface area contributed by atoms with Gasteiger partial charge in [-0.3, -0.25) is 4.79 Å². The molecule has 0 fully saturated rings. The minimum atomic E-state index is 0.318. The highest BCUT2D eigenvalue weighted by molar-refractivity contribution is 5.76. The minimum Gasteiger partial charge on any atom is -0.340 e. The molecule has 0 radical (unpaired) electrons. The Balaban J connectivity index is 3.99. The molecule has 78 valence electrons. The maximum Gasteiger partial charge on any atom is 0.222 e. The third-order valence-electron chi connectivity index (χ3n) is 2.53. The molecule has 0 saturated heterocycles. The number of hydrogen-bond acceptors (Lipinski definition) is 1. The molecule has 0 aliphatic carbocycles. The number of rotatable bonds is 6. The Morgan fingerprint density at radius 1 is 1.31 bits per heavy atom. The van der Waals surface area contributed by atoms with Crippen molar-refractivity contribution < 1.29 is 4.79 Å². The summed E-state index contributed by atoms with van der Waals surface area (Å²) < 4.78 is 0. The van der Waals surface area contributed by atoms with Gasteiger partial charge in [0, 0.05) is 19.0 Å². The van der Waals surface area contributed by atoms with Gasteiger partial charge in [0.1, 0.15) is 0 Å². The zero-order valence-corrected chi connectivity index (χ0v) is 9.47. The Morgan fingerprint density at radius 2 is 1.92 bits per heavy atom. The van der Waals surface area contributed by atoms with Gasteiger partial charge in [0.25, 0.3) is 0 Å². The zero-order chi connectivity index (χ0) is 10.3. The van der Waals surface area contributed by atoms with Crippen LogP contribution in [0.4, 0.5) is 0 Å². The van der Waals surface area contributed by atoms with Crippen molar-refractivity contribution in [2.45, 2.75) is 59.4 Å². The molecule has 0 heterocycles. The quantitative estimate of drug-likeness (QED) is 0.623. The average molecular weight is 185 g/mol. The van der Waals surface area contributed by atoms with Crippen LogP contribution in [0.1, 0.15) is 53.4 Å². The lowest BCUT2D eigenvalue weighted by Gasteiger charge is -2.27. The highest BCUT2D eigenvalue weighted by atomic mass is 16.2. The minimum absolute atomic E-state index is 0.318. The average Bonchev–Trinajstić information content (AvgIpc) is 2.15. The summed E-state index contributed by atoms with van der Waals surface area (Å²) in [6.07, 6.45) is 3.88. The largest absolute Gasteiger partial charge is 0.340 e. The Labute approximate surface area is 82.3 Å². The summed E-state index contributed by atoms with van der Waals surface area (Å²) in [6.45, 7) is 9.26. The van der Waals surface area contributed by atoms with Gasteiger partial charge in [0.15, 0.2) is 0 Å². The van der Waals surface area contributed by atoms with Gasteiger partial charge in [0.05, 0.1) is 0 Å². The van der Waals surface area contributed by atoms with E-state index in [1.807, 2.05) is 4.90 Å². The molecule has 0 spiro atoms. The summed E-state index contributed by atoms with van der Waals surface area (Å²) in [5.41, 5.74) is 0. The zero-order valence-electron chi connectivity index (χ0n) is 9.47. The molecule has 0 N–H and O–H groups in total. The third-order valence-corrected chi connectivity index (χ3v) is 2.53. The van der Waals surface area contributed by atoms with Crippen molar-refractivity contribution in [3.05, 3.63) is 0 Å². The Morgan fingerprint density at radius 3 is 2.31 bits per heavy atom. The van der Waals surface area contributed by atoms with Crippen LogP contribution in [0.15, 0.2) is 0 Å². The van der Waals surface area contributed by atoms with Gasteiger partial charge < -0.3 is 4.90 Å². The van der Waals surface area contributed by atoms with Gasteiger partial charge in [0.2, 0.25) is 5.91 Å². The van der Waals surface area contributed by atoms with E-state index in [1.54, 1.807) is 0 Å². The van der Waals surface area contributed by atoms with E-state index >= 15 is 0 Å². The Hall–Kier alpha value is -0.530. The molecule has 0 aromatic heterocycles. The standard InChI is InChI=1S/C11H23NO/c1-5-8-9-11(13)12(7-3)10(4)6-2/h10H,5-9H2,1-4H3/t10-/m0/s1. The maximum absolute atomic E-state index is 11.7. The SMILES string of the molecule is CCCCC(=O)N(CC)[C@@H](C)CC. The van der Waals surface area contributed by atoms with Gasteiger partial charge in [-0.05, 0) is 26.7 Å². The number of amides is 1. The highest BCUT2D eigenvalue weighted by Gasteiger charge is 2.15. The lowest BCUT2D eigenvalue weighted by atomic mass is 10.1. The Bertz CT molecular complexity index is 145. The van der Waals surface area contributed by atoms with E-state index in [4.69, 9.17) is 0 Å². The monoisotopic (exact) mass is 185 g/mol. The molecule has 1 amide bonds. The third kappa shape index (κ3) is 4.30. The van der Waals surface area contributed by atoms with Crippen molar-refractivity contribution in [3.8, 4) is 0 Å². The van der Waals surface area contributed by atoms with Crippen molar-refractivity contribution in [1.82, 2.24) is 4.90 Å². The van der Waals surface area contributed by atoms with Crippen LogP contribution in [-0.4, -0.2) is 23.4 Å². The highest BCUT2D eigenvalue weighted by Crippen LogP contribution is 2.07. The van der Waals surface area contributed by atoms with Crippen LogP contribution in [-0.2, 0) is 4.79 Å². The topological polar surface area (TPSA) is 20.3 Å². The molecule has 0 aliphatic rings. The molecule has 0 rings (SSSR count). The summed E-state index contributed by atoms with van der Waals surface area (Å²) in [4.78, 5) is 13.6. The van der Waals surface area contributed by atoms with E-state index < -0.39 is 0 Å². The molecule has 0 saturated carbocycles. The smallest absolute Gasteiger partial charge is 0.222 e. The molecule has 0 aliphatic heterocycles. The van der Waals surface area contributed by atoms with Crippen molar-refractivity contribution in [2.24, 2.45) is 0 Å². The predicted octanol–water partition coefficient (Wildman–Crippen LogP) is 2.82. The van der Waals surface area contributed by atoms with Gasteiger partial charge in [-0.15, -0.1) is 0 Å². The molecule has 0 bridgehead atoms. The number of hydrogen-bond donors (Lipinski definition) is 0. The lowest BCUT2D eigenvalue weighted by molar-refractivity contribution is -0.133. The molecule has 2 nitrogen and oxygen atoms in total. The second-order valence-corrected chi connectivity index (χ2v) is 3.54. The van der Waals surface area contributed by atoms with E-state index in [2.05, 4.69) is 27.7 Å². The first-order valence-corrected chi connectivity index (χ1v) is 5.46. The molecule has 0 unspecified atom stereocenters. The summed E-state index contributed by atoms with van der Waals surface area (Å²) in [5, 5.41) is 0. The molecule has 13 heavy (non-hydrogen) atoms. The van der Waals surface area contributed by atoms with Crippen molar-refractivity contribution >= 4 is 5.91 Å². The number of nitrogens with zero attached hydrogens (tertiary/aromatic N) is 1. The first-order valence-electron chi connectivity index (χ1n) is 5.46. The summed E-state index contributed by atoms with van der Waals surface area (Å²) in [6, 6.07) is 0.398. The first-order chi connectivity index (χ1) is 6.17. The van der Waals surface area contributed by atoms with Crippen molar-refractivity contribution in [1.29, 1.82) is 0 Å². The number of unbranched alkanes of at least 4 members (excludes halogenated alkanes) is 1. The summed E-state index contributed by atoms with van der Waals surface area (Å²) in [7, 11) is 0. The first kappa shape index (κ1) is 12.5. The number of carbonyl (C=O) groups excluding carboxylic acids is 1. The fourth-order valence-electron chi connectivity index (χ4n) is 1.43. The van der Waals surface area contributed by atoms with Crippen LogP contribution in [0.2, 0.25) is 0 Å². The van der Waals surface area contributed by atoms with Crippen molar-refractivity contribution in [2.75, 3.05) is 6.54 Å². The Kier molecular flexibility index (Phi) is 6.65. The van der Waals surface area contributed by atoms with Crippen LogP contribution in [0.25, 0.3) is 0 Å². The normalized spacial score (nSPS) is 12.6. The predicted molar refractivity (Wildman–Crippen MR) is 56.7 cm³/mol. The van der Waals surface area contributed by atoms with E-state index in [0.717, 1.165) is 25.8 Å². The van der Waals surface area contributed by atoms with E-state index in [-0.39, 0.29) is 0 Å². The molecular formula is C11H23NO. The van der Waals surface area contributed by atoms with Crippen LogP contribution in [0.3, 0.4) is 0 Å². The fourth-order valence-corrected chi connectivity index (χ4v) is 1.43. The second-order valence-electron chi connectivity index (χ2n) is 3.54. The van der Waals surface area contributed by atoms with E-state index in [0.29, 0.717) is 18.4 Å². The second kappa shape index (κ2) is 6.93. The summed E-state index contributed by atoms with van der Waals surface area (Å²) >= 11 is 0. The molecule has 0 aromatic rings. The molecule has 2 heteroatoms. The van der Waals surface area contributed by atoms with E-state index in [1.165, 1.54) is 0 Å². The van der Waals surface area contributed by atoms with Crippen molar-refractivity contribution in [3.63, 3.8) is 0 Å². The van der Waals surface area contributed by atoms with Gasteiger partial charge in [-0.1, -0.05) is 20.3 Å². The molecule has 1 atom stereocenters. The van der Waals surface area contributed by atoms with Gasteiger partial charge >= 0.3 is 0 Å². The van der Waals surface area contributed by atoms with Crippen LogP contribution in [0.5, 0.6) is 0 Å². The maximum atomic E-state index is 11.7. The van der Waals surface area contributed by atoms with Gasteiger partial charge in [-0.2, -0.15) is 0 Å². The summed E-state index contributed by atoms with van der Waals surface area (Å²) in [5.74, 6) is 0.318. The fraction of sp³-hybridized carbons (Fsp3) is 0.909. The van der Waals surface area contributed by atoms with E-state index in [9.17, 15) is 4.79 Å². The number of carbonyl (C=O) groups is 1. The van der Waals surface area contributed by atoms with Gasteiger partial charge in [-0.25, -0.2) is 0 Å². The van der Waals surface area contributed by atoms with Crippen LogP contribution in [0, 0.1) is 0 Å². The lowest BCUT2D eigenvalue weighted by Crippen LogP contribution is -2.37. The van der Waals surface area contributed by atoms with Crippen LogP contribution >= 0.6 is 0 Å².